The number of carbonyl (C=O) groups excluding carboxylic acids is 1. The number of benzene rings is 1. The summed E-state index contributed by atoms with van der Waals surface area (Å²) >= 11 is 0. The Kier molecular flexibility index (Phi) is 5.99. The van der Waals surface area contributed by atoms with Crippen molar-refractivity contribution < 1.29 is 19.0 Å². The monoisotopic (exact) mass is 427 g/mol. The molecule has 4 rings (SSSR count). The maximum Gasteiger partial charge on any atom is 0.319 e. The number of halogens is 1. The second-order valence-electron chi connectivity index (χ2n) is 9.30. The number of nitrogens with zero attached hydrogens (tertiary/aromatic N) is 1. The van der Waals surface area contributed by atoms with Crippen LogP contribution in [0.15, 0.2) is 30.5 Å². The average Bonchev–Trinajstić information content (AvgIpc) is 2.71. The highest BCUT2D eigenvalue weighted by atomic mass is 19.1. The molecular weight excluding hydrogens is 397 g/mol. The van der Waals surface area contributed by atoms with Crippen molar-refractivity contribution in [3.63, 3.8) is 0 Å². The summed E-state index contributed by atoms with van der Waals surface area (Å²) in [6.07, 6.45) is 3.17. The van der Waals surface area contributed by atoms with Gasteiger partial charge in [-0.15, -0.1) is 0 Å². The molecule has 3 N–H and O–H groups in total. The van der Waals surface area contributed by atoms with Crippen LogP contribution in [-0.4, -0.2) is 35.4 Å². The van der Waals surface area contributed by atoms with Crippen molar-refractivity contribution in [3.8, 4) is 0 Å². The number of aryl methyl sites for hydroxylation is 1. The van der Waals surface area contributed by atoms with Gasteiger partial charge in [-0.1, -0.05) is 19.9 Å². The summed E-state index contributed by atoms with van der Waals surface area (Å²) < 4.78 is 19.5. The maximum absolute atomic E-state index is 14.0. The number of aliphatic hydroxyl groups excluding tert-OH is 1. The van der Waals surface area contributed by atoms with Crippen LogP contribution >= 0.6 is 0 Å². The summed E-state index contributed by atoms with van der Waals surface area (Å²) in [6.45, 7) is 7.32. The first-order chi connectivity index (χ1) is 14.7. The van der Waals surface area contributed by atoms with Crippen molar-refractivity contribution in [2.24, 2.45) is 0 Å². The van der Waals surface area contributed by atoms with Gasteiger partial charge in [-0.05, 0) is 66.5 Å². The van der Waals surface area contributed by atoms with Gasteiger partial charge in [0.05, 0.1) is 23.5 Å². The van der Waals surface area contributed by atoms with E-state index in [2.05, 4.69) is 15.6 Å². The number of hydrogen-bond acceptors (Lipinski definition) is 4. The first-order valence-corrected chi connectivity index (χ1v) is 10.8. The molecule has 2 aromatic rings. The Labute approximate surface area is 182 Å². The molecule has 0 spiro atoms. The van der Waals surface area contributed by atoms with Gasteiger partial charge in [0.15, 0.2) is 0 Å². The lowest BCUT2D eigenvalue weighted by atomic mass is 9.69. The van der Waals surface area contributed by atoms with Crippen LogP contribution in [0.3, 0.4) is 0 Å². The summed E-state index contributed by atoms with van der Waals surface area (Å²) in [6, 6.07) is 5.35. The van der Waals surface area contributed by atoms with Gasteiger partial charge in [0.2, 0.25) is 0 Å². The zero-order valence-electron chi connectivity index (χ0n) is 18.2. The minimum atomic E-state index is -0.819. The van der Waals surface area contributed by atoms with Gasteiger partial charge < -0.3 is 20.5 Å². The predicted molar refractivity (Wildman–Crippen MR) is 117 cm³/mol. The first-order valence-electron chi connectivity index (χ1n) is 10.8. The number of hydrogen-bond donors (Lipinski definition) is 3. The Morgan fingerprint density at radius 2 is 2.00 bits per heavy atom. The number of fused-ring (bicyclic) bond motifs is 1. The summed E-state index contributed by atoms with van der Waals surface area (Å²) in [5.41, 5.74) is 3.69. The van der Waals surface area contributed by atoms with Gasteiger partial charge in [-0.2, -0.15) is 0 Å². The molecule has 0 radical (unpaired) electrons. The summed E-state index contributed by atoms with van der Waals surface area (Å²) in [5.74, 6) is -0.166. The number of carbonyl (C=O) groups is 1. The minimum Gasteiger partial charge on any atom is -0.391 e. The van der Waals surface area contributed by atoms with Crippen molar-refractivity contribution in [3.05, 3.63) is 58.7 Å². The number of urea groups is 1. The third-order valence-corrected chi connectivity index (χ3v) is 6.38. The summed E-state index contributed by atoms with van der Waals surface area (Å²) in [4.78, 5) is 17.5. The zero-order valence-corrected chi connectivity index (χ0v) is 18.2. The Morgan fingerprint density at radius 3 is 2.74 bits per heavy atom. The molecule has 0 bridgehead atoms. The van der Waals surface area contributed by atoms with Crippen LogP contribution in [0.4, 0.5) is 14.9 Å². The largest absolute Gasteiger partial charge is 0.391 e. The van der Waals surface area contributed by atoms with Crippen molar-refractivity contribution in [2.75, 3.05) is 18.5 Å². The molecule has 6 nitrogen and oxygen atoms in total. The van der Waals surface area contributed by atoms with Gasteiger partial charge in [0.25, 0.3) is 0 Å². The van der Waals surface area contributed by atoms with E-state index < -0.39 is 18.2 Å². The Balaban J connectivity index is 1.57. The van der Waals surface area contributed by atoms with Crippen molar-refractivity contribution >= 4 is 11.7 Å². The highest BCUT2D eigenvalue weighted by molar-refractivity contribution is 5.90. The minimum absolute atomic E-state index is 0.223. The van der Waals surface area contributed by atoms with E-state index in [1.807, 2.05) is 26.8 Å². The molecule has 0 saturated carbocycles. The van der Waals surface area contributed by atoms with Crippen LogP contribution in [0.1, 0.15) is 67.5 Å². The van der Waals surface area contributed by atoms with E-state index in [0.717, 1.165) is 29.7 Å². The van der Waals surface area contributed by atoms with Crippen molar-refractivity contribution in [1.82, 2.24) is 10.3 Å². The molecule has 1 saturated heterocycles. The quantitative estimate of drug-likeness (QED) is 0.681. The first kappa shape index (κ1) is 21.7. The smallest absolute Gasteiger partial charge is 0.319 e. The van der Waals surface area contributed by atoms with Crippen molar-refractivity contribution in [2.45, 2.75) is 63.5 Å². The van der Waals surface area contributed by atoms with Crippen LogP contribution in [0, 0.1) is 12.7 Å². The van der Waals surface area contributed by atoms with E-state index in [1.165, 1.54) is 12.1 Å². The number of anilines is 1. The van der Waals surface area contributed by atoms with E-state index in [4.69, 9.17) is 4.74 Å². The van der Waals surface area contributed by atoms with Gasteiger partial charge in [0, 0.05) is 25.3 Å². The predicted octanol–water partition coefficient (Wildman–Crippen LogP) is 4.33. The van der Waals surface area contributed by atoms with E-state index in [1.54, 1.807) is 12.3 Å². The second-order valence-corrected chi connectivity index (χ2v) is 9.30. The van der Waals surface area contributed by atoms with E-state index >= 15 is 0 Å². The van der Waals surface area contributed by atoms with Crippen LogP contribution in [-0.2, 0) is 10.2 Å². The molecule has 1 aromatic heterocycles. The number of rotatable bonds is 3. The topological polar surface area (TPSA) is 83.5 Å². The highest BCUT2D eigenvalue weighted by Crippen LogP contribution is 2.42. The molecule has 7 heteroatoms. The molecular formula is C24H30FN3O3. The van der Waals surface area contributed by atoms with E-state index in [0.29, 0.717) is 30.9 Å². The molecule has 1 aliphatic carbocycles. The number of aliphatic hydroxyl groups is 1. The fourth-order valence-electron chi connectivity index (χ4n) is 4.81. The number of pyridine rings is 1. The zero-order chi connectivity index (χ0) is 22.2. The standard InChI is InChI=1S/C24H30FN3O3/c1-14-10-19(21(26-13-14)15-6-8-31-9-7-15)27-23(30)28-22-17-11-16(25)4-5-18(17)24(2,3)12-20(22)29/h4-5,10-11,13,15,20,22,29H,6-9,12H2,1-3H3,(H2,27,28,30)/t20-,22-/m1/s1. The number of nitrogens with one attached hydrogen (secondary N) is 2. The molecule has 166 valence electrons. The fraction of sp³-hybridized carbons (Fsp3) is 0.500. The maximum atomic E-state index is 14.0. The average molecular weight is 428 g/mol. The van der Waals surface area contributed by atoms with E-state index in [-0.39, 0.29) is 17.2 Å². The molecule has 31 heavy (non-hydrogen) atoms. The molecule has 2 amide bonds. The molecule has 1 aromatic carbocycles. The normalized spacial score (nSPS) is 23.1. The van der Waals surface area contributed by atoms with Crippen LogP contribution in [0.5, 0.6) is 0 Å². The number of aromatic nitrogens is 1. The van der Waals surface area contributed by atoms with Gasteiger partial charge in [0.1, 0.15) is 5.82 Å². The lowest BCUT2D eigenvalue weighted by Gasteiger charge is -2.40. The third kappa shape index (κ3) is 4.57. The summed E-state index contributed by atoms with van der Waals surface area (Å²) in [5, 5.41) is 16.6. The third-order valence-electron chi connectivity index (χ3n) is 6.38. The SMILES string of the molecule is Cc1cnc(C2CCOCC2)c(NC(=O)N[C@@H]2c3cc(F)ccc3C(C)(C)C[C@H]2O)c1. The fourth-order valence-corrected chi connectivity index (χ4v) is 4.81. The number of ether oxygens (including phenoxy) is 1. The molecule has 2 atom stereocenters. The Hall–Kier alpha value is -2.51. The van der Waals surface area contributed by atoms with Crippen LogP contribution in [0.2, 0.25) is 0 Å². The van der Waals surface area contributed by atoms with Gasteiger partial charge in [-0.25, -0.2) is 9.18 Å². The summed E-state index contributed by atoms with van der Waals surface area (Å²) in [7, 11) is 0. The molecule has 2 aliphatic rings. The van der Waals surface area contributed by atoms with Crippen LogP contribution in [0.25, 0.3) is 0 Å². The Morgan fingerprint density at radius 1 is 1.26 bits per heavy atom. The molecule has 1 fully saturated rings. The van der Waals surface area contributed by atoms with Crippen molar-refractivity contribution in [1.29, 1.82) is 0 Å². The lowest BCUT2D eigenvalue weighted by molar-refractivity contribution is 0.0845. The second kappa shape index (κ2) is 8.55. The van der Waals surface area contributed by atoms with Crippen LogP contribution < -0.4 is 10.6 Å². The van der Waals surface area contributed by atoms with E-state index in [9.17, 15) is 14.3 Å². The number of amides is 2. The molecule has 1 aliphatic heterocycles. The highest BCUT2D eigenvalue weighted by Gasteiger charge is 2.39. The molecule has 2 heterocycles. The lowest BCUT2D eigenvalue weighted by Crippen LogP contribution is -2.45. The Bertz CT molecular complexity index is 973. The van der Waals surface area contributed by atoms with Gasteiger partial charge in [-0.3, -0.25) is 4.98 Å². The molecule has 0 unspecified atom stereocenters. The van der Waals surface area contributed by atoms with Gasteiger partial charge >= 0.3 is 6.03 Å².